The molecule has 0 fully saturated rings. The Kier molecular flexibility index (Phi) is 5.45. The van der Waals surface area contributed by atoms with Crippen LogP contribution in [0.1, 0.15) is 5.56 Å². The zero-order chi connectivity index (χ0) is 15.1. The van der Waals surface area contributed by atoms with E-state index in [4.69, 9.17) is 4.74 Å². The molecular weight excluding hydrogens is 329 g/mol. The van der Waals surface area contributed by atoms with Crippen LogP contribution in [0, 0.1) is 11.3 Å². The molecule has 1 atom stereocenters. The molecule has 0 amide bonds. The second kappa shape index (κ2) is 7.54. The van der Waals surface area contributed by atoms with Crippen LogP contribution in [-0.4, -0.2) is 31.0 Å². The molecule has 0 saturated carbocycles. The van der Waals surface area contributed by atoms with E-state index in [1.54, 1.807) is 0 Å². The van der Waals surface area contributed by atoms with E-state index in [0.29, 0.717) is 5.32 Å². The molecule has 3 nitrogen and oxygen atoms in total. The van der Waals surface area contributed by atoms with Gasteiger partial charge in [-0.3, -0.25) is 0 Å². The molecule has 106 valence electrons. The summed E-state index contributed by atoms with van der Waals surface area (Å²) in [4.78, 5) is 11.9. The number of hydrogen-bond donors (Lipinski definition) is 0. The van der Waals surface area contributed by atoms with E-state index in [2.05, 4.69) is 6.07 Å². The second-order valence-electron chi connectivity index (χ2n) is 4.27. The van der Waals surface area contributed by atoms with Crippen molar-refractivity contribution in [3.8, 4) is 6.07 Å². The van der Waals surface area contributed by atoms with Gasteiger partial charge in [0.1, 0.15) is 0 Å². The van der Waals surface area contributed by atoms with Gasteiger partial charge in [-0.1, -0.05) is 0 Å². The number of ether oxygens (including phenoxy) is 1. The zero-order valence-electron chi connectivity index (χ0n) is 11.7. The predicted octanol–water partition coefficient (Wildman–Crippen LogP) is 1.62. The Hall–Kier alpha value is -2.21. The molecule has 0 radical (unpaired) electrons. The molecule has 0 N–H and O–H groups in total. The van der Waals surface area contributed by atoms with E-state index in [0.717, 1.165) is 10.0 Å². The average molecular weight is 344 g/mol. The van der Waals surface area contributed by atoms with Crippen molar-refractivity contribution in [3.63, 3.8) is 0 Å². The molecule has 2 rings (SSSR count). The fourth-order valence-electron chi connectivity index (χ4n) is 1.89. The molecule has 4 heteroatoms. The minimum atomic E-state index is -1.77. The van der Waals surface area contributed by atoms with Crippen LogP contribution in [0.4, 0.5) is 0 Å². The van der Waals surface area contributed by atoms with Crippen LogP contribution in [0.25, 0.3) is 0 Å². The number of carbonyl (C=O) groups is 1. The summed E-state index contributed by atoms with van der Waals surface area (Å²) in [5.74, 6) is -0.512. The van der Waals surface area contributed by atoms with Gasteiger partial charge in [-0.2, -0.15) is 0 Å². The fraction of sp³-hybridized carbons (Fsp3) is 0.118. The molecule has 0 aliphatic carbocycles. The number of rotatable bonds is 4. The standard InChI is InChI=1S/C17H15NO2Se/c1-20-17(19)16(12-18)21(15-10-6-3-7-11-15)13-14-8-4-2-5-9-14/h2-11H,13H2,1H3. The summed E-state index contributed by atoms with van der Waals surface area (Å²) in [5.41, 5.74) is 1.13. The number of nitriles is 1. The van der Waals surface area contributed by atoms with Gasteiger partial charge < -0.3 is 0 Å². The van der Waals surface area contributed by atoms with Gasteiger partial charge in [0.2, 0.25) is 0 Å². The van der Waals surface area contributed by atoms with Crippen molar-refractivity contribution in [2.45, 2.75) is 5.32 Å². The summed E-state index contributed by atoms with van der Waals surface area (Å²) >= 11 is -1.77. The Labute approximate surface area is 128 Å². The topological polar surface area (TPSA) is 50.1 Å². The van der Waals surface area contributed by atoms with E-state index < -0.39 is 19.4 Å². The Bertz CT molecular complexity index is 688. The first kappa shape index (κ1) is 15.2. The van der Waals surface area contributed by atoms with E-state index in [9.17, 15) is 10.1 Å². The number of benzene rings is 2. The van der Waals surface area contributed by atoms with Crippen molar-refractivity contribution in [1.82, 2.24) is 0 Å². The van der Waals surface area contributed by atoms with Crippen molar-refractivity contribution in [2.75, 3.05) is 7.11 Å². The van der Waals surface area contributed by atoms with Gasteiger partial charge in [0, 0.05) is 0 Å². The third-order valence-corrected chi connectivity index (χ3v) is 7.55. The van der Waals surface area contributed by atoms with E-state index in [1.165, 1.54) is 7.11 Å². The zero-order valence-corrected chi connectivity index (χ0v) is 13.4. The predicted molar refractivity (Wildman–Crippen MR) is 84.6 cm³/mol. The van der Waals surface area contributed by atoms with Crippen LogP contribution < -0.4 is 4.46 Å². The van der Waals surface area contributed by atoms with E-state index in [1.807, 2.05) is 60.7 Å². The SMILES string of the molecule is COC(=O)/C(C#N)=[Se](/Cc1ccccc1)c1ccccc1. The van der Waals surface area contributed by atoms with Crippen molar-refractivity contribution in [1.29, 1.82) is 5.26 Å². The molecular formula is C17H15NO2Se. The van der Waals surface area contributed by atoms with Gasteiger partial charge in [-0.15, -0.1) is 0 Å². The van der Waals surface area contributed by atoms with Gasteiger partial charge in [-0.05, 0) is 0 Å². The minimum absolute atomic E-state index is 0.257. The summed E-state index contributed by atoms with van der Waals surface area (Å²) in [5, 5.41) is 10.1. The van der Waals surface area contributed by atoms with Crippen LogP contribution in [-0.2, 0) is 14.9 Å². The molecule has 0 heterocycles. The number of carbonyl (C=O) groups excluding carboxylic acids is 1. The normalized spacial score (nSPS) is 12.1. The molecule has 2 aromatic rings. The van der Waals surface area contributed by atoms with Crippen molar-refractivity contribution in [3.05, 3.63) is 66.2 Å². The van der Waals surface area contributed by atoms with Crippen molar-refractivity contribution < 1.29 is 9.53 Å². The maximum atomic E-state index is 11.9. The van der Waals surface area contributed by atoms with Crippen LogP contribution in [0.3, 0.4) is 0 Å². The van der Waals surface area contributed by atoms with E-state index in [-0.39, 0.29) is 4.42 Å². The van der Waals surface area contributed by atoms with Crippen molar-refractivity contribution >= 4 is 28.3 Å². The number of methoxy groups -OCH3 is 1. The summed E-state index contributed by atoms with van der Waals surface area (Å²) in [6.07, 6.45) is 0. The number of nitrogens with zero attached hydrogens (tertiary/aromatic N) is 1. The van der Waals surface area contributed by atoms with Gasteiger partial charge in [-0.25, -0.2) is 0 Å². The van der Waals surface area contributed by atoms with Gasteiger partial charge >= 0.3 is 128 Å². The Morgan fingerprint density at radius 3 is 2.19 bits per heavy atom. The summed E-state index contributed by atoms with van der Waals surface area (Å²) < 4.78 is 6.09. The van der Waals surface area contributed by atoms with Gasteiger partial charge in [0.25, 0.3) is 0 Å². The molecule has 0 aliphatic rings. The van der Waals surface area contributed by atoms with Crippen LogP contribution >= 0.6 is 0 Å². The Morgan fingerprint density at radius 1 is 1.10 bits per heavy atom. The van der Waals surface area contributed by atoms with Gasteiger partial charge in [0.05, 0.1) is 0 Å². The first-order valence-electron chi connectivity index (χ1n) is 6.41. The quantitative estimate of drug-likeness (QED) is 0.626. The summed E-state index contributed by atoms with van der Waals surface area (Å²) in [6, 6.07) is 21.8. The first-order chi connectivity index (χ1) is 10.3. The molecule has 0 saturated heterocycles. The molecule has 0 spiro atoms. The Balaban J connectivity index is 2.52. The van der Waals surface area contributed by atoms with Crippen LogP contribution in [0.15, 0.2) is 60.7 Å². The Morgan fingerprint density at radius 2 is 1.67 bits per heavy atom. The van der Waals surface area contributed by atoms with E-state index >= 15 is 0 Å². The van der Waals surface area contributed by atoms with Gasteiger partial charge in [0.15, 0.2) is 0 Å². The van der Waals surface area contributed by atoms with Crippen LogP contribution in [0.2, 0.25) is 0 Å². The summed E-state index contributed by atoms with van der Waals surface area (Å²) in [7, 11) is 1.32. The third kappa shape index (κ3) is 3.88. The molecule has 0 aromatic heterocycles. The third-order valence-electron chi connectivity index (χ3n) is 2.90. The second-order valence-corrected chi connectivity index (χ2v) is 8.36. The monoisotopic (exact) mass is 345 g/mol. The number of esters is 1. The number of hydrogen-bond acceptors (Lipinski definition) is 3. The van der Waals surface area contributed by atoms with Crippen LogP contribution in [0.5, 0.6) is 0 Å². The maximum absolute atomic E-state index is 11.9. The molecule has 21 heavy (non-hydrogen) atoms. The molecule has 0 aliphatic heterocycles. The molecule has 2 aromatic carbocycles. The molecule has 1 unspecified atom stereocenters. The first-order valence-corrected chi connectivity index (χ1v) is 9.34. The fourth-order valence-corrected chi connectivity index (χ4v) is 5.99. The van der Waals surface area contributed by atoms with Crippen molar-refractivity contribution in [2.24, 2.45) is 0 Å². The summed E-state index contributed by atoms with van der Waals surface area (Å²) in [6.45, 7) is 0. The molecule has 0 bridgehead atoms. The average Bonchev–Trinajstić information content (AvgIpc) is 2.56.